The second kappa shape index (κ2) is 7.91. The number of nitrogens with zero attached hydrogens (tertiary/aromatic N) is 4. The molecule has 0 aliphatic heterocycles. The van der Waals surface area contributed by atoms with Crippen LogP contribution in [0.1, 0.15) is 0 Å². The number of carbonyl (C=O) groups excluding carboxylic acids is 1. The molecular weight excluding hydrogens is 412 g/mol. The second-order valence-electron chi connectivity index (χ2n) is 6.21. The number of nitrogens with one attached hydrogen (secondary N) is 1. The van der Waals surface area contributed by atoms with Crippen LogP contribution in [0.4, 0.5) is 11.5 Å². The number of imidazole rings is 1. The first-order valence-electron chi connectivity index (χ1n) is 8.77. The van der Waals surface area contributed by atoms with Crippen LogP contribution >= 0.6 is 11.6 Å². The predicted octanol–water partition coefficient (Wildman–Crippen LogP) is 2.98. The number of aromatic nitrogens is 4. The first-order valence-corrected chi connectivity index (χ1v) is 9.15. The molecule has 0 aliphatic carbocycles. The van der Waals surface area contributed by atoms with Gasteiger partial charge in [-0.1, -0.05) is 23.7 Å². The Labute approximate surface area is 175 Å². The third kappa shape index (κ3) is 3.37. The fourth-order valence-electron chi connectivity index (χ4n) is 3.09. The van der Waals surface area contributed by atoms with Crippen molar-refractivity contribution in [2.45, 2.75) is 6.54 Å². The number of nitrogens with two attached hydrogens (primary N) is 1. The van der Waals surface area contributed by atoms with Crippen LogP contribution in [0.3, 0.4) is 0 Å². The largest absolute Gasteiger partial charge is 0.494 e. The summed E-state index contributed by atoms with van der Waals surface area (Å²) in [6, 6.07) is 10.4. The van der Waals surface area contributed by atoms with E-state index in [4.69, 9.17) is 31.4 Å². The summed E-state index contributed by atoms with van der Waals surface area (Å²) in [6.45, 7) is -0.132. The van der Waals surface area contributed by atoms with E-state index in [1.54, 1.807) is 41.0 Å². The number of methoxy groups -OCH3 is 2. The molecule has 0 aliphatic rings. The van der Waals surface area contributed by atoms with Crippen molar-refractivity contribution in [3.05, 3.63) is 41.4 Å². The van der Waals surface area contributed by atoms with Crippen molar-refractivity contribution in [2.24, 2.45) is 0 Å². The van der Waals surface area contributed by atoms with Crippen molar-refractivity contribution in [3.63, 3.8) is 0 Å². The van der Waals surface area contributed by atoms with E-state index in [9.17, 15) is 4.79 Å². The normalized spacial score (nSPS) is 10.9. The van der Waals surface area contributed by atoms with E-state index in [1.807, 2.05) is 0 Å². The summed E-state index contributed by atoms with van der Waals surface area (Å²) >= 11 is 6.15. The van der Waals surface area contributed by atoms with Gasteiger partial charge >= 0.3 is 0 Å². The molecule has 0 radical (unpaired) electrons. The lowest BCUT2D eigenvalue weighted by molar-refractivity contribution is -0.116. The highest BCUT2D eigenvalue weighted by molar-refractivity contribution is 6.33. The minimum absolute atomic E-state index is 0.0380. The van der Waals surface area contributed by atoms with Crippen LogP contribution in [0.15, 0.2) is 41.0 Å². The number of anilines is 2. The Morgan fingerprint density at radius 1 is 1.17 bits per heavy atom. The van der Waals surface area contributed by atoms with Gasteiger partial charge in [-0.05, 0) is 34.6 Å². The maximum absolute atomic E-state index is 12.9. The van der Waals surface area contributed by atoms with Crippen LogP contribution in [0.2, 0.25) is 5.02 Å². The maximum atomic E-state index is 12.9. The zero-order valence-electron chi connectivity index (χ0n) is 16.0. The number of carbonyl (C=O) groups is 1. The van der Waals surface area contributed by atoms with Crippen molar-refractivity contribution in [1.82, 2.24) is 19.9 Å². The van der Waals surface area contributed by atoms with Crippen molar-refractivity contribution in [3.8, 4) is 23.0 Å². The summed E-state index contributed by atoms with van der Waals surface area (Å²) in [5.74, 6) is 0.956. The number of amides is 1. The molecule has 154 valence electrons. The number of nitrogen functional groups attached to an aromatic ring is 1. The van der Waals surface area contributed by atoms with Gasteiger partial charge in [0.15, 0.2) is 17.3 Å². The first-order chi connectivity index (χ1) is 14.5. The molecule has 4 aromatic rings. The van der Waals surface area contributed by atoms with Gasteiger partial charge < -0.3 is 25.1 Å². The number of halogens is 1. The molecule has 1 amide bonds. The number of ether oxygens (including phenoxy) is 2. The molecule has 0 fully saturated rings. The highest BCUT2D eigenvalue weighted by Gasteiger charge is 2.25. The minimum Gasteiger partial charge on any atom is -0.494 e. The smallest absolute Gasteiger partial charge is 0.244 e. The van der Waals surface area contributed by atoms with Gasteiger partial charge in [-0.2, -0.15) is 0 Å². The number of rotatable bonds is 6. The molecule has 0 saturated heterocycles. The van der Waals surface area contributed by atoms with Crippen molar-refractivity contribution >= 4 is 40.0 Å². The van der Waals surface area contributed by atoms with Gasteiger partial charge in [0.25, 0.3) is 0 Å². The summed E-state index contributed by atoms with van der Waals surface area (Å²) in [5, 5.41) is 10.6. The summed E-state index contributed by atoms with van der Waals surface area (Å²) in [6.07, 6.45) is 0. The first kappa shape index (κ1) is 19.5. The molecule has 2 heterocycles. The number of fused-ring (bicyclic) bond motifs is 1. The zero-order valence-corrected chi connectivity index (χ0v) is 16.8. The molecule has 0 spiro atoms. The standard InChI is InChI=1S/C19H17ClN6O4/c1-28-12-7-8-13(29-2)17-15(12)23-19(16-18(21)25-30-24-16)26(17)9-14(27)22-11-6-4-3-5-10(11)20/h3-8H,9H2,1-2H3,(H2,21,25)(H,22,27). The summed E-state index contributed by atoms with van der Waals surface area (Å²) in [5.41, 5.74) is 7.56. The van der Waals surface area contributed by atoms with Gasteiger partial charge in [-0.15, -0.1) is 0 Å². The van der Waals surface area contributed by atoms with Crippen molar-refractivity contribution in [1.29, 1.82) is 0 Å². The van der Waals surface area contributed by atoms with Crippen LogP contribution in [0, 0.1) is 0 Å². The molecule has 10 nitrogen and oxygen atoms in total. The fraction of sp³-hybridized carbons (Fsp3) is 0.158. The molecular formula is C19H17ClN6O4. The Morgan fingerprint density at radius 3 is 2.57 bits per heavy atom. The minimum atomic E-state index is -0.344. The molecule has 3 N–H and O–H groups in total. The summed E-state index contributed by atoms with van der Waals surface area (Å²) in [4.78, 5) is 17.4. The lowest BCUT2D eigenvalue weighted by Crippen LogP contribution is -2.20. The van der Waals surface area contributed by atoms with Crippen LogP contribution < -0.4 is 20.5 Å². The van der Waals surface area contributed by atoms with Gasteiger partial charge in [0, 0.05) is 0 Å². The van der Waals surface area contributed by atoms with E-state index in [-0.39, 0.29) is 29.8 Å². The van der Waals surface area contributed by atoms with Crippen molar-refractivity contribution in [2.75, 3.05) is 25.3 Å². The molecule has 2 aromatic heterocycles. The maximum Gasteiger partial charge on any atom is 0.244 e. The van der Waals surface area contributed by atoms with Gasteiger partial charge in [-0.3, -0.25) is 4.79 Å². The van der Waals surface area contributed by atoms with Crippen molar-refractivity contribution < 1.29 is 18.9 Å². The Kier molecular flexibility index (Phi) is 5.15. The summed E-state index contributed by atoms with van der Waals surface area (Å²) < 4.78 is 17.2. The van der Waals surface area contributed by atoms with E-state index in [2.05, 4.69) is 20.6 Å². The van der Waals surface area contributed by atoms with Crippen LogP contribution in [0.5, 0.6) is 11.5 Å². The van der Waals surface area contributed by atoms with E-state index >= 15 is 0 Å². The Hall–Kier alpha value is -3.79. The van der Waals surface area contributed by atoms with E-state index in [0.717, 1.165) is 0 Å². The second-order valence-corrected chi connectivity index (χ2v) is 6.62. The lowest BCUT2D eigenvalue weighted by Gasteiger charge is -2.12. The SMILES string of the molecule is COc1ccc(OC)c2c1nc(-c1nonc1N)n2CC(=O)Nc1ccccc1Cl. The van der Waals surface area contributed by atoms with Gasteiger partial charge in [0.05, 0.1) is 24.9 Å². The molecule has 30 heavy (non-hydrogen) atoms. The number of para-hydroxylation sites is 1. The average molecular weight is 429 g/mol. The molecule has 0 saturated carbocycles. The highest BCUT2D eigenvalue weighted by atomic mass is 35.5. The van der Waals surface area contributed by atoms with Crippen LogP contribution in [0.25, 0.3) is 22.6 Å². The summed E-state index contributed by atoms with van der Waals surface area (Å²) in [7, 11) is 3.05. The molecule has 0 atom stereocenters. The third-order valence-corrected chi connectivity index (χ3v) is 4.77. The Balaban J connectivity index is 1.85. The Morgan fingerprint density at radius 2 is 1.90 bits per heavy atom. The molecule has 2 aromatic carbocycles. The van der Waals surface area contributed by atoms with E-state index in [0.29, 0.717) is 33.2 Å². The number of hydrogen-bond acceptors (Lipinski definition) is 8. The molecule has 0 bridgehead atoms. The van der Waals surface area contributed by atoms with Gasteiger partial charge in [-0.25, -0.2) is 9.61 Å². The molecule has 0 unspecified atom stereocenters. The quantitative estimate of drug-likeness (QED) is 0.479. The Bertz CT molecular complexity index is 1240. The van der Waals surface area contributed by atoms with Crippen LogP contribution in [-0.4, -0.2) is 40.0 Å². The number of benzene rings is 2. The highest BCUT2D eigenvalue weighted by Crippen LogP contribution is 2.37. The van der Waals surface area contributed by atoms with Gasteiger partial charge in [0.2, 0.25) is 5.91 Å². The lowest BCUT2D eigenvalue weighted by atomic mass is 10.2. The van der Waals surface area contributed by atoms with E-state index in [1.165, 1.54) is 14.2 Å². The molecule has 4 rings (SSSR count). The fourth-order valence-corrected chi connectivity index (χ4v) is 3.28. The monoisotopic (exact) mass is 428 g/mol. The van der Waals surface area contributed by atoms with Crippen LogP contribution in [-0.2, 0) is 11.3 Å². The molecule has 11 heteroatoms. The van der Waals surface area contributed by atoms with Gasteiger partial charge in [0.1, 0.15) is 29.1 Å². The third-order valence-electron chi connectivity index (χ3n) is 4.44. The topological polar surface area (TPSA) is 130 Å². The number of hydrogen-bond donors (Lipinski definition) is 2. The predicted molar refractivity (Wildman–Crippen MR) is 111 cm³/mol. The average Bonchev–Trinajstić information content (AvgIpc) is 3.32. The van der Waals surface area contributed by atoms with E-state index < -0.39 is 0 Å². The zero-order chi connectivity index (χ0) is 21.3.